The number of hydrogen-bond acceptors (Lipinski definition) is 1. The second-order valence-electron chi connectivity index (χ2n) is 4.00. The van der Waals surface area contributed by atoms with E-state index in [0.29, 0.717) is 20.8 Å². The fourth-order valence-corrected chi connectivity index (χ4v) is 2.32. The second-order valence-corrected chi connectivity index (χ2v) is 5.26. The van der Waals surface area contributed by atoms with Gasteiger partial charge in [-0.1, -0.05) is 11.6 Å². The standard InChI is InChI=1S/C13H6BrClF2N2/c14-8-3-6(1-2-9(8)15)13-18-11-5-7(16)4-10(17)12(11)19-13/h1-5H,(H,18,19). The molecule has 96 valence electrons. The largest absolute Gasteiger partial charge is 0.338 e. The average molecular weight is 344 g/mol. The highest BCUT2D eigenvalue weighted by Crippen LogP contribution is 2.29. The van der Waals surface area contributed by atoms with Crippen molar-refractivity contribution in [3.63, 3.8) is 0 Å². The number of nitrogens with one attached hydrogen (secondary N) is 1. The van der Waals surface area contributed by atoms with Gasteiger partial charge in [-0.05, 0) is 40.2 Å². The van der Waals surface area contributed by atoms with Crippen LogP contribution in [-0.4, -0.2) is 9.97 Å². The third-order valence-corrected chi connectivity index (χ3v) is 3.91. The summed E-state index contributed by atoms with van der Waals surface area (Å²) in [5.74, 6) is -0.875. The molecule has 0 bridgehead atoms. The minimum Gasteiger partial charge on any atom is -0.338 e. The molecule has 1 heterocycles. The first-order chi connectivity index (χ1) is 9.04. The maximum Gasteiger partial charge on any atom is 0.153 e. The van der Waals surface area contributed by atoms with Crippen molar-refractivity contribution >= 4 is 38.6 Å². The van der Waals surface area contributed by atoms with Gasteiger partial charge in [-0.15, -0.1) is 0 Å². The molecule has 0 aliphatic carbocycles. The van der Waals surface area contributed by atoms with Crippen molar-refractivity contribution < 1.29 is 8.78 Å². The molecule has 3 aromatic rings. The highest BCUT2D eigenvalue weighted by Gasteiger charge is 2.11. The van der Waals surface area contributed by atoms with E-state index < -0.39 is 11.6 Å². The Morgan fingerprint density at radius 3 is 2.68 bits per heavy atom. The van der Waals surface area contributed by atoms with E-state index in [1.165, 1.54) is 6.07 Å². The molecule has 0 saturated carbocycles. The predicted molar refractivity (Wildman–Crippen MR) is 74.2 cm³/mol. The number of fused-ring (bicyclic) bond motifs is 1. The number of aromatic nitrogens is 2. The average Bonchev–Trinajstić information content (AvgIpc) is 2.76. The van der Waals surface area contributed by atoms with Gasteiger partial charge >= 0.3 is 0 Å². The van der Waals surface area contributed by atoms with Gasteiger partial charge in [0.1, 0.15) is 17.2 Å². The van der Waals surface area contributed by atoms with Crippen molar-refractivity contribution in [2.24, 2.45) is 0 Å². The summed E-state index contributed by atoms with van der Waals surface area (Å²) >= 11 is 9.21. The van der Waals surface area contributed by atoms with Gasteiger partial charge in [-0.25, -0.2) is 13.8 Å². The first kappa shape index (κ1) is 12.6. The molecule has 1 N–H and O–H groups in total. The highest BCUT2D eigenvalue weighted by molar-refractivity contribution is 9.10. The van der Waals surface area contributed by atoms with E-state index in [-0.39, 0.29) is 5.52 Å². The van der Waals surface area contributed by atoms with Gasteiger partial charge < -0.3 is 4.98 Å². The van der Waals surface area contributed by atoms with E-state index >= 15 is 0 Å². The normalized spacial score (nSPS) is 11.2. The lowest BCUT2D eigenvalue weighted by Gasteiger charge is -1.99. The topological polar surface area (TPSA) is 28.7 Å². The van der Waals surface area contributed by atoms with Crippen molar-refractivity contribution in [2.45, 2.75) is 0 Å². The minimum atomic E-state index is -0.689. The number of imidazole rings is 1. The quantitative estimate of drug-likeness (QED) is 0.667. The van der Waals surface area contributed by atoms with E-state index in [9.17, 15) is 8.78 Å². The Balaban J connectivity index is 2.20. The zero-order valence-electron chi connectivity index (χ0n) is 9.35. The zero-order chi connectivity index (χ0) is 13.6. The summed E-state index contributed by atoms with van der Waals surface area (Å²) in [7, 11) is 0. The van der Waals surface area contributed by atoms with Crippen molar-refractivity contribution in [2.75, 3.05) is 0 Å². The van der Waals surface area contributed by atoms with Crippen LogP contribution in [-0.2, 0) is 0 Å². The van der Waals surface area contributed by atoms with Crippen molar-refractivity contribution in [1.82, 2.24) is 9.97 Å². The third-order valence-electron chi connectivity index (χ3n) is 2.70. The van der Waals surface area contributed by atoms with Gasteiger partial charge in [-0.2, -0.15) is 0 Å². The molecule has 0 aliphatic rings. The Hall–Kier alpha value is -1.46. The monoisotopic (exact) mass is 342 g/mol. The fourth-order valence-electron chi connectivity index (χ4n) is 1.82. The molecule has 0 radical (unpaired) electrons. The lowest BCUT2D eigenvalue weighted by atomic mass is 10.2. The second kappa shape index (κ2) is 4.58. The van der Waals surface area contributed by atoms with Crippen LogP contribution in [0.5, 0.6) is 0 Å². The molecule has 0 atom stereocenters. The summed E-state index contributed by atoms with van der Waals surface area (Å²) in [5.41, 5.74) is 1.16. The number of hydrogen-bond donors (Lipinski definition) is 1. The number of H-pyrrole nitrogens is 1. The molecule has 2 aromatic carbocycles. The van der Waals surface area contributed by atoms with E-state index in [1.807, 2.05) is 0 Å². The van der Waals surface area contributed by atoms with Crippen LogP contribution < -0.4 is 0 Å². The molecule has 0 aliphatic heterocycles. The smallest absolute Gasteiger partial charge is 0.153 e. The molecule has 0 amide bonds. The van der Waals surface area contributed by atoms with E-state index in [2.05, 4.69) is 25.9 Å². The van der Waals surface area contributed by atoms with Crippen LogP contribution in [0.3, 0.4) is 0 Å². The lowest BCUT2D eigenvalue weighted by Crippen LogP contribution is -1.81. The number of benzene rings is 2. The molecular formula is C13H6BrClF2N2. The van der Waals surface area contributed by atoms with E-state index in [1.54, 1.807) is 18.2 Å². The Labute approximate surface area is 120 Å². The number of rotatable bonds is 1. The molecule has 2 nitrogen and oxygen atoms in total. The van der Waals surface area contributed by atoms with Crippen LogP contribution in [0.25, 0.3) is 22.4 Å². The molecular weight excluding hydrogens is 338 g/mol. The van der Waals surface area contributed by atoms with Gasteiger partial charge in [0, 0.05) is 16.1 Å². The van der Waals surface area contributed by atoms with E-state index in [4.69, 9.17) is 11.6 Å². The number of aromatic amines is 1. The van der Waals surface area contributed by atoms with Gasteiger partial charge in [-0.3, -0.25) is 0 Å². The van der Waals surface area contributed by atoms with Gasteiger partial charge in [0.25, 0.3) is 0 Å². The minimum absolute atomic E-state index is 0.113. The van der Waals surface area contributed by atoms with Crippen LogP contribution in [0.4, 0.5) is 8.78 Å². The maximum absolute atomic E-state index is 13.6. The molecule has 1 aromatic heterocycles. The summed E-state index contributed by atoms with van der Waals surface area (Å²) in [4.78, 5) is 7.02. The Bertz CT molecular complexity index is 786. The molecule has 19 heavy (non-hydrogen) atoms. The van der Waals surface area contributed by atoms with Crippen LogP contribution in [0.1, 0.15) is 0 Å². The van der Waals surface area contributed by atoms with Crippen LogP contribution in [0, 0.1) is 11.6 Å². The Kier molecular flexibility index (Phi) is 3.03. The molecule has 0 spiro atoms. The van der Waals surface area contributed by atoms with Crippen molar-refractivity contribution in [3.05, 3.63) is 51.5 Å². The number of halogens is 4. The summed E-state index contributed by atoms with van der Waals surface area (Å²) < 4.78 is 27.4. The van der Waals surface area contributed by atoms with Crippen molar-refractivity contribution in [1.29, 1.82) is 0 Å². The van der Waals surface area contributed by atoms with Gasteiger partial charge in [0.15, 0.2) is 5.82 Å². The molecule has 3 rings (SSSR count). The zero-order valence-corrected chi connectivity index (χ0v) is 11.7. The van der Waals surface area contributed by atoms with Gasteiger partial charge in [0.05, 0.1) is 10.5 Å². The highest BCUT2D eigenvalue weighted by atomic mass is 79.9. The Morgan fingerprint density at radius 2 is 1.95 bits per heavy atom. The van der Waals surface area contributed by atoms with E-state index in [0.717, 1.165) is 11.6 Å². The molecule has 0 fully saturated rings. The summed E-state index contributed by atoms with van der Waals surface area (Å²) in [5, 5.41) is 0.567. The molecule has 0 unspecified atom stereocenters. The lowest BCUT2D eigenvalue weighted by molar-refractivity contribution is 0.591. The van der Waals surface area contributed by atoms with Crippen LogP contribution in [0.2, 0.25) is 5.02 Å². The fraction of sp³-hybridized carbons (Fsp3) is 0. The van der Waals surface area contributed by atoms with Crippen molar-refractivity contribution in [3.8, 4) is 11.4 Å². The summed E-state index contributed by atoms with van der Waals surface area (Å²) in [6.07, 6.45) is 0. The molecule has 6 heteroatoms. The molecule has 0 saturated heterocycles. The van der Waals surface area contributed by atoms with Crippen LogP contribution >= 0.6 is 27.5 Å². The summed E-state index contributed by atoms with van der Waals surface area (Å²) in [6, 6.07) is 7.23. The first-order valence-corrected chi connectivity index (χ1v) is 6.52. The number of nitrogens with zero attached hydrogens (tertiary/aromatic N) is 1. The van der Waals surface area contributed by atoms with Gasteiger partial charge in [0.2, 0.25) is 0 Å². The Morgan fingerprint density at radius 1 is 1.16 bits per heavy atom. The summed E-state index contributed by atoms with van der Waals surface area (Å²) in [6.45, 7) is 0. The maximum atomic E-state index is 13.6. The predicted octanol–water partition coefficient (Wildman–Crippen LogP) is 4.92. The van der Waals surface area contributed by atoms with Crippen LogP contribution in [0.15, 0.2) is 34.8 Å². The SMILES string of the molecule is Fc1cc(F)c2nc(-c3ccc(Cl)c(Br)c3)[nH]c2c1. The third kappa shape index (κ3) is 2.24. The first-order valence-electron chi connectivity index (χ1n) is 5.35.